The summed E-state index contributed by atoms with van der Waals surface area (Å²) in [6.07, 6.45) is 3.47. The molecule has 0 aliphatic carbocycles. The Labute approximate surface area is 123 Å². The molecule has 4 heteroatoms. The highest BCUT2D eigenvalue weighted by molar-refractivity contribution is 5.92. The Morgan fingerprint density at radius 1 is 1.10 bits per heavy atom. The zero-order chi connectivity index (χ0) is 14.6. The second-order valence-electron chi connectivity index (χ2n) is 4.95. The number of hydrogen-bond donors (Lipinski definition) is 2. The van der Waals surface area contributed by atoms with Crippen molar-refractivity contribution in [2.75, 3.05) is 31.5 Å². The number of benzene rings is 1. The molecule has 0 unspecified atom stereocenters. The van der Waals surface area contributed by atoms with Gasteiger partial charge in [0.25, 0.3) is 0 Å². The lowest BCUT2D eigenvalue weighted by Gasteiger charge is -2.20. The van der Waals surface area contributed by atoms with E-state index in [0.29, 0.717) is 5.96 Å². The van der Waals surface area contributed by atoms with E-state index in [4.69, 9.17) is 5.73 Å². The average molecular weight is 276 g/mol. The van der Waals surface area contributed by atoms with Crippen LogP contribution in [0.3, 0.4) is 0 Å². The zero-order valence-corrected chi connectivity index (χ0v) is 12.8. The summed E-state index contributed by atoms with van der Waals surface area (Å²) in [6.45, 7) is 8.68. The van der Waals surface area contributed by atoms with Crippen molar-refractivity contribution in [3.05, 3.63) is 30.3 Å². The lowest BCUT2D eigenvalue weighted by Crippen LogP contribution is -2.27. The molecule has 1 aromatic rings. The van der Waals surface area contributed by atoms with Gasteiger partial charge in [0.1, 0.15) is 0 Å². The summed E-state index contributed by atoms with van der Waals surface area (Å²) >= 11 is 0. The van der Waals surface area contributed by atoms with E-state index < -0.39 is 0 Å². The molecule has 4 nitrogen and oxygen atoms in total. The van der Waals surface area contributed by atoms with Crippen molar-refractivity contribution >= 4 is 11.6 Å². The fraction of sp³-hybridized carbons (Fsp3) is 0.562. The van der Waals surface area contributed by atoms with Crippen LogP contribution in [0.2, 0.25) is 0 Å². The lowest BCUT2D eigenvalue weighted by molar-refractivity contribution is 0.273. The van der Waals surface area contributed by atoms with E-state index in [9.17, 15) is 0 Å². The molecule has 0 radical (unpaired) electrons. The molecule has 0 spiro atoms. The summed E-state index contributed by atoms with van der Waals surface area (Å²) in [5, 5.41) is 3.09. The molecule has 0 fully saturated rings. The monoisotopic (exact) mass is 276 g/mol. The van der Waals surface area contributed by atoms with E-state index in [1.54, 1.807) is 0 Å². The number of aliphatic imine (C=N–C) groups is 1. The Hall–Kier alpha value is -1.55. The fourth-order valence-corrected chi connectivity index (χ4v) is 2.17. The molecule has 0 saturated heterocycles. The second kappa shape index (κ2) is 10.3. The Kier molecular flexibility index (Phi) is 8.47. The van der Waals surface area contributed by atoms with Gasteiger partial charge in [-0.15, -0.1) is 0 Å². The number of guanidine groups is 1. The van der Waals surface area contributed by atoms with Gasteiger partial charge in [-0.2, -0.15) is 0 Å². The third-order valence-corrected chi connectivity index (χ3v) is 3.04. The SMILES string of the molecule is CCCN(CCC)CCCN=C(N)Nc1ccccc1. The van der Waals surface area contributed by atoms with E-state index >= 15 is 0 Å². The summed E-state index contributed by atoms with van der Waals surface area (Å²) in [4.78, 5) is 6.86. The highest BCUT2D eigenvalue weighted by Gasteiger charge is 2.01. The van der Waals surface area contributed by atoms with Gasteiger partial charge in [0.05, 0.1) is 0 Å². The summed E-state index contributed by atoms with van der Waals surface area (Å²) < 4.78 is 0. The molecule has 1 rings (SSSR count). The van der Waals surface area contributed by atoms with Gasteiger partial charge < -0.3 is 16.0 Å². The standard InChI is InChI=1S/C16H28N4/c1-3-12-20(13-4-2)14-8-11-18-16(17)19-15-9-6-5-7-10-15/h5-7,9-10H,3-4,8,11-14H2,1-2H3,(H3,17,18,19). The van der Waals surface area contributed by atoms with Crippen molar-refractivity contribution in [2.45, 2.75) is 33.1 Å². The molecular formula is C16H28N4. The number of nitrogens with two attached hydrogens (primary N) is 1. The van der Waals surface area contributed by atoms with E-state index in [2.05, 4.69) is 29.1 Å². The van der Waals surface area contributed by atoms with Gasteiger partial charge in [0.15, 0.2) is 5.96 Å². The van der Waals surface area contributed by atoms with Gasteiger partial charge in [-0.05, 0) is 51.0 Å². The Balaban J connectivity index is 2.25. The molecule has 0 aromatic heterocycles. The molecule has 0 atom stereocenters. The molecule has 1 aromatic carbocycles. The topological polar surface area (TPSA) is 53.6 Å². The number of nitrogens with zero attached hydrogens (tertiary/aromatic N) is 2. The van der Waals surface area contributed by atoms with Crippen LogP contribution in [-0.4, -0.2) is 37.0 Å². The minimum atomic E-state index is 0.494. The van der Waals surface area contributed by atoms with Crippen molar-refractivity contribution in [1.82, 2.24) is 4.90 Å². The summed E-state index contributed by atoms with van der Waals surface area (Å²) in [5.74, 6) is 0.494. The van der Waals surface area contributed by atoms with Gasteiger partial charge in [0.2, 0.25) is 0 Å². The van der Waals surface area contributed by atoms with Crippen molar-refractivity contribution in [1.29, 1.82) is 0 Å². The average Bonchev–Trinajstić information content (AvgIpc) is 2.45. The molecule has 0 amide bonds. The van der Waals surface area contributed by atoms with Crippen LogP contribution in [0, 0.1) is 0 Å². The third-order valence-electron chi connectivity index (χ3n) is 3.04. The molecular weight excluding hydrogens is 248 g/mol. The largest absolute Gasteiger partial charge is 0.370 e. The predicted molar refractivity (Wildman–Crippen MR) is 88.2 cm³/mol. The van der Waals surface area contributed by atoms with Crippen LogP contribution in [0.15, 0.2) is 35.3 Å². The number of hydrogen-bond acceptors (Lipinski definition) is 2. The molecule has 0 aliphatic rings. The molecule has 0 heterocycles. The number of nitrogens with one attached hydrogen (secondary N) is 1. The zero-order valence-electron chi connectivity index (χ0n) is 12.8. The summed E-state index contributed by atoms with van der Waals surface area (Å²) in [6, 6.07) is 9.89. The Bertz CT molecular complexity index is 369. The van der Waals surface area contributed by atoms with Crippen molar-refractivity contribution in [2.24, 2.45) is 10.7 Å². The van der Waals surface area contributed by atoms with Crippen molar-refractivity contribution in [3.8, 4) is 0 Å². The molecule has 0 bridgehead atoms. The fourth-order valence-electron chi connectivity index (χ4n) is 2.17. The highest BCUT2D eigenvalue weighted by atomic mass is 15.1. The summed E-state index contributed by atoms with van der Waals surface area (Å²) in [7, 11) is 0. The molecule has 3 N–H and O–H groups in total. The minimum Gasteiger partial charge on any atom is -0.370 e. The first-order chi connectivity index (χ1) is 9.76. The van der Waals surface area contributed by atoms with Gasteiger partial charge in [-0.25, -0.2) is 0 Å². The number of rotatable bonds is 9. The maximum absolute atomic E-state index is 5.87. The molecule has 20 heavy (non-hydrogen) atoms. The molecule has 112 valence electrons. The van der Waals surface area contributed by atoms with E-state index in [0.717, 1.165) is 25.2 Å². The van der Waals surface area contributed by atoms with Crippen molar-refractivity contribution in [3.63, 3.8) is 0 Å². The first-order valence-electron chi connectivity index (χ1n) is 7.60. The third kappa shape index (κ3) is 7.14. The van der Waals surface area contributed by atoms with Crippen molar-refractivity contribution < 1.29 is 0 Å². The van der Waals surface area contributed by atoms with Crippen LogP contribution in [0.25, 0.3) is 0 Å². The van der Waals surface area contributed by atoms with E-state index in [1.165, 1.54) is 25.9 Å². The predicted octanol–water partition coefficient (Wildman–Crippen LogP) is 2.93. The quantitative estimate of drug-likeness (QED) is 0.414. The second-order valence-corrected chi connectivity index (χ2v) is 4.95. The van der Waals surface area contributed by atoms with Crippen LogP contribution in [0.4, 0.5) is 5.69 Å². The lowest BCUT2D eigenvalue weighted by atomic mass is 10.3. The normalized spacial score (nSPS) is 11.8. The Morgan fingerprint density at radius 2 is 1.75 bits per heavy atom. The van der Waals surface area contributed by atoms with Crippen LogP contribution >= 0.6 is 0 Å². The first kappa shape index (κ1) is 16.5. The van der Waals surface area contributed by atoms with Crippen LogP contribution < -0.4 is 11.1 Å². The molecule has 0 aliphatic heterocycles. The number of anilines is 1. The molecule has 0 saturated carbocycles. The maximum atomic E-state index is 5.87. The Morgan fingerprint density at radius 3 is 2.35 bits per heavy atom. The van der Waals surface area contributed by atoms with Gasteiger partial charge in [-0.3, -0.25) is 4.99 Å². The smallest absolute Gasteiger partial charge is 0.193 e. The number of para-hydroxylation sites is 1. The van der Waals surface area contributed by atoms with Gasteiger partial charge in [0, 0.05) is 12.2 Å². The van der Waals surface area contributed by atoms with Crippen LogP contribution in [-0.2, 0) is 0 Å². The van der Waals surface area contributed by atoms with E-state index in [1.807, 2.05) is 30.3 Å². The summed E-state index contributed by atoms with van der Waals surface area (Å²) in [5.41, 5.74) is 6.84. The highest BCUT2D eigenvalue weighted by Crippen LogP contribution is 2.04. The van der Waals surface area contributed by atoms with Crippen LogP contribution in [0.5, 0.6) is 0 Å². The van der Waals surface area contributed by atoms with Gasteiger partial charge in [-0.1, -0.05) is 32.0 Å². The maximum Gasteiger partial charge on any atom is 0.193 e. The van der Waals surface area contributed by atoms with E-state index in [-0.39, 0.29) is 0 Å². The minimum absolute atomic E-state index is 0.494. The van der Waals surface area contributed by atoms with Gasteiger partial charge >= 0.3 is 0 Å². The van der Waals surface area contributed by atoms with Crippen LogP contribution in [0.1, 0.15) is 33.1 Å². The first-order valence-corrected chi connectivity index (χ1v) is 7.60.